The minimum Gasteiger partial charge on any atom is -0.313 e. The highest BCUT2D eigenvalue weighted by Crippen LogP contribution is 2.22. The van der Waals surface area contributed by atoms with E-state index in [0.717, 1.165) is 28.2 Å². The molecule has 0 aliphatic carbocycles. The molecule has 0 saturated carbocycles. The van der Waals surface area contributed by atoms with Gasteiger partial charge in [0.25, 0.3) is 0 Å². The van der Waals surface area contributed by atoms with Gasteiger partial charge in [-0.05, 0) is 36.8 Å². The molecule has 2 aromatic heterocycles. The zero-order valence-electron chi connectivity index (χ0n) is 8.94. The average molecular weight is 231 g/mol. The van der Waals surface area contributed by atoms with Gasteiger partial charge in [0.2, 0.25) is 0 Å². The lowest BCUT2D eigenvalue weighted by molar-refractivity contribution is 1.04. The molecule has 2 heterocycles. The minimum absolute atomic E-state index is 0.730. The summed E-state index contributed by atoms with van der Waals surface area (Å²) in [5.74, 6) is 0. The van der Waals surface area contributed by atoms with E-state index in [2.05, 4.69) is 28.6 Å². The molecule has 0 radical (unpaired) electrons. The Kier molecular flexibility index (Phi) is 2.11. The minimum atomic E-state index is 0.730. The molecular weight excluding hydrogens is 220 g/mol. The number of aryl methyl sites for hydroxylation is 1. The fraction of sp³-hybridized carbons (Fsp3) is 0.154. The van der Waals surface area contributed by atoms with Gasteiger partial charge in [0.15, 0.2) is 0 Å². The van der Waals surface area contributed by atoms with Crippen molar-refractivity contribution < 1.29 is 0 Å². The van der Waals surface area contributed by atoms with Crippen LogP contribution in [0.4, 0.5) is 0 Å². The van der Waals surface area contributed by atoms with Crippen molar-refractivity contribution in [2.24, 2.45) is 0 Å². The number of hydrogen-bond acceptors (Lipinski definition) is 1. The van der Waals surface area contributed by atoms with E-state index in [4.69, 9.17) is 11.6 Å². The molecule has 1 aromatic carbocycles. The third-order valence-electron chi connectivity index (χ3n) is 2.83. The molecule has 0 fully saturated rings. The Labute approximate surface area is 98.5 Å². The Morgan fingerprint density at radius 3 is 2.94 bits per heavy atom. The molecule has 0 aliphatic rings. The topological polar surface area (TPSA) is 17.3 Å². The number of hydrogen-bond donors (Lipinski definition) is 0. The van der Waals surface area contributed by atoms with Crippen LogP contribution in [0.3, 0.4) is 0 Å². The second kappa shape index (κ2) is 3.49. The average Bonchev–Trinajstić information content (AvgIpc) is 2.76. The molecule has 3 rings (SSSR count). The number of aromatic nitrogens is 2. The van der Waals surface area contributed by atoms with Crippen molar-refractivity contribution in [2.75, 3.05) is 0 Å². The van der Waals surface area contributed by atoms with Crippen LogP contribution in [0.25, 0.3) is 16.6 Å². The van der Waals surface area contributed by atoms with Crippen LogP contribution < -0.4 is 0 Å². The summed E-state index contributed by atoms with van der Waals surface area (Å²) in [7, 11) is 0. The van der Waals surface area contributed by atoms with Gasteiger partial charge in [0, 0.05) is 11.2 Å². The summed E-state index contributed by atoms with van der Waals surface area (Å²) >= 11 is 5.99. The van der Waals surface area contributed by atoms with E-state index in [1.165, 1.54) is 5.52 Å². The van der Waals surface area contributed by atoms with Gasteiger partial charge in [-0.2, -0.15) is 0 Å². The highest BCUT2D eigenvalue weighted by Gasteiger charge is 2.06. The lowest BCUT2D eigenvalue weighted by Gasteiger charge is -2.06. The molecular formula is C13H11ClN2. The molecule has 0 atom stereocenters. The van der Waals surface area contributed by atoms with Crippen molar-refractivity contribution in [3.63, 3.8) is 0 Å². The van der Waals surface area contributed by atoms with E-state index >= 15 is 0 Å². The van der Waals surface area contributed by atoms with E-state index in [0.29, 0.717) is 0 Å². The van der Waals surface area contributed by atoms with Crippen LogP contribution in [0, 0.1) is 0 Å². The number of fused-ring (bicyclic) bond motifs is 3. The Hall–Kier alpha value is -1.54. The van der Waals surface area contributed by atoms with Crippen molar-refractivity contribution in [1.29, 1.82) is 0 Å². The maximum absolute atomic E-state index is 5.99. The fourth-order valence-electron chi connectivity index (χ4n) is 2.08. The lowest BCUT2D eigenvalue weighted by Crippen LogP contribution is -1.96. The van der Waals surface area contributed by atoms with Crippen molar-refractivity contribution in [2.45, 2.75) is 13.3 Å². The number of nitrogens with zero attached hydrogens (tertiary/aromatic N) is 2. The first-order valence-electron chi connectivity index (χ1n) is 5.35. The van der Waals surface area contributed by atoms with Gasteiger partial charge < -0.3 is 4.40 Å². The molecule has 3 aromatic rings. The maximum atomic E-state index is 5.99. The lowest BCUT2D eigenvalue weighted by atomic mass is 10.2. The number of halogens is 1. The van der Waals surface area contributed by atoms with Gasteiger partial charge in [0.05, 0.1) is 22.2 Å². The highest BCUT2D eigenvalue weighted by molar-refractivity contribution is 6.31. The van der Waals surface area contributed by atoms with E-state index in [-0.39, 0.29) is 0 Å². The van der Waals surface area contributed by atoms with Crippen LogP contribution in [0.15, 0.2) is 36.5 Å². The molecule has 0 N–H and O–H groups in total. The van der Waals surface area contributed by atoms with Crippen molar-refractivity contribution in [3.05, 3.63) is 47.2 Å². The Bertz CT molecular complexity index is 670. The summed E-state index contributed by atoms with van der Waals surface area (Å²) in [6, 6.07) is 9.97. The summed E-state index contributed by atoms with van der Waals surface area (Å²) in [4.78, 5) is 4.65. The van der Waals surface area contributed by atoms with Crippen molar-refractivity contribution in [3.8, 4) is 0 Å². The first-order chi connectivity index (χ1) is 7.79. The molecule has 0 unspecified atom stereocenters. The molecule has 80 valence electrons. The van der Waals surface area contributed by atoms with Gasteiger partial charge in [-0.3, -0.25) is 0 Å². The summed E-state index contributed by atoms with van der Waals surface area (Å²) in [6.45, 7) is 2.12. The maximum Gasteiger partial charge on any atom is 0.0889 e. The van der Waals surface area contributed by atoms with Gasteiger partial charge in [0.1, 0.15) is 0 Å². The van der Waals surface area contributed by atoms with Gasteiger partial charge in [-0.15, -0.1) is 0 Å². The molecule has 3 heteroatoms. The van der Waals surface area contributed by atoms with Crippen molar-refractivity contribution >= 4 is 28.2 Å². The Balaban J connectivity index is 2.53. The summed E-state index contributed by atoms with van der Waals surface area (Å²) in [5, 5.41) is 0.730. The second-order valence-corrected chi connectivity index (χ2v) is 4.24. The smallest absolute Gasteiger partial charge is 0.0889 e. The van der Waals surface area contributed by atoms with Gasteiger partial charge >= 0.3 is 0 Å². The SMILES string of the molecule is CCc1nc2cc(Cl)ccc2n2cccc12. The van der Waals surface area contributed by atoms with Crippen LogP contribution in [-0.4, -0.2) is 9.38 Å². The third kappa shape index (κ3) is 1.30. The highest BCUT2D eigenvalue weighted by atomic mass is 35.5. The summed E-state index contributed by atoms with van der Waals surface area (Å²) < 4.78 is 2.16. The number of rotatable bonds is 1. The van der Waals surface area contributed by atoms with Crippen molar-refractivity contribution in [1.82, 2.24) is 9.38 Å². The zero-order chi connectivity index (χ0) is 11.1. The largest absolute Gasteiger partial charge is 0.313 e. The van der Waals surface area contributed by atoms with Crippen LogP contribution >= 0.6 is 11.6 Å². The predicted molar refractivity (Wildman–Crippen MR) is 67.1 cm³/mol. The normalized spacial score (nSPS) is 11.4. The molecule has 0 saturated heterocycles. The Morgan fingerprint density at radius 2 is 2.12 bits per heavy atom. The van der Waals surface area contributed by atoms with Crippen LogP contribution in [0.1, 0.15) is 12.6 Å². The predicted octanol–water partition coefficient (Wildman–Crippen LogP) is 3.70. The van der Waals surface area contributed by atoms with Gasteiger partial charge in [-0.25, -0.2) is 4.98 Å². The first kappa shape index (κ1) is 9.67. The summed E-state index contributed by atoms with van der Waals surface area (Å²) in [6.07, 6.45) is 2.99. The standard InChI is InChI=1S/C13H11ClN2/c1-2-10-12-4-3-7-16(12)13-6-5-9(14)8-11(13)15-10/h3-8H,2H2,1H3. The third-order valence-corrected chi connectivity index (χ3v) is 3.07. The van der Waals surface area contributed by atoms with E-state index < -0.39 is 0 Å². The zero-order valence-corrected chi connectivity index (χ0v) is 9.70. The molecule has 0 amide bonds. The van der Waals surface area contributed by atoms with Crippen LogP contribution in [-0.2, 0) is 6.42 Å². The molecule has 16 heavy (non-hydrogen) atoms. The molecule has 2 nitrogen and oxygen atoms in total. The van der Waals surface area contributed by atoms with Crippen LogP contribution in [0.5, 0.6) is 0 Å². The monoisotopic (exact) mass is 230 g/mol. The molecule has 0 spiro atoms. The Morgan fingerprint density at radius 1 is 1.25 bits per heavy atom. The quantitative estimate of drug-likeness (QED) is 0.623. The van der Waals surface area contributed by atoms with E-state index in [9.17, 15) is 0 Å². The van der Waals surface area contributed by atoms with E-state index in [1.807, 2.05) is 24.3 Å². The second-order valence-electron chi connectivity index (χ2n) is 3.81. The first-order valence-corrected chi connectivity index (χ1v) is 5.72. The van der Waals surface area contributed by atoms with Crippen LogP contribution in [0.2, 0.25) is 5.02 Å². The van der Waals surface area contributed by atoms with E-state index in [1.54, 1.807) is 0 Å². The fourth-order valence-corrected chi connectivity index (χ4v) is 2.25. The van der Waals surface area contributed by atoms with Gasteiger partial charge in [-0.1, -0.05) is 18.5 Å². The number of benzene rings is 1. The molecule has 0 aliphatic heterocycles. The summed E-state index contributed by atoms with van der Waals surface area (Å²) in [5.41, 5.74) is 4.34. The molecule has 0 bridgehead atoms.